The maximum atomic E-state index is 13.0. The molecular weight excluding hydrogens is 377 g/mol. The molecule has 140 valence electrons. The second-order valence-corrected chi connectivity index (χ2v) is 6.25. The van der Waals surface area contributed by atoms with Crippen molar-refractivity contribution in [2.45, 2.75) is 19.6 Å². The van der Waals surface area contributed by atoms with Crippen molar-refractivity contribution >= 4 is 28.9 Å². The lowest BCUT2D eigenvalue weighted by Crippen LogP contribution is -2.07. The Morgan fingerprint density at radius 2 is 1.67 bits per heavy atom. The van der Waals surface area contributed by atoms with Crippen LogP contribution in [-0.2, 0) is 12.7 Å². The normalized spacial score (nSPS) is 11.3. The molecule has 8 heteroatoms. The number of nitrogens with one attached hydrogen (secondary N) is 2. The van der Waals surface area contributed by atoms with Crippen LogP contribution >= 0.6 is 11.6 Å². The second kappa shape index (κ2) is 7.84. The van der Waals surface area contributed by atoms with Gasteiger partial charge in [0.25, 0.3) is 0 Å². The Balaban J connectivity index is 1.78. The molecule has 4 nitrogen and oxygen atoms in total. The highest BCUT2D eigenvalue weighted by Gasteiger charge is 2.33. The van der Waals surface area contributed by atoms with Gasteiger partial charge in [0.2, 0.25) is 0 Å². The first-order valence-electron chi connectivity index (χ1n) is 8.08. The van der Waals surface area contributed by atoms with Crippen molar-refractivity contribution in [2.24, 2.45) is 0 Å². The minimum atomic E-state index is -4.53. The van der Waals surface area contributed by atoms with E-state index in [-0.39, 0.29) is 10.7 Å². The van der Waals surface area contributed by atoms with Crippen LogP contribution in [0.3, 0.4) is 0 Å². The van der Waals surface area contributed by atoms with E-state index in [0.29, 0.717) is 24.0 Å². The molecule has 0 saturated carbocycles. The monoisotopic (exact) mass is 392 g/mol. The summed E-state index contributed by atoms with van der Waals surface area (Å²) in [4.78, 5) is 8.52. The fourth-order valence-corrected chi connectivity index (χ4v) is 2.70. The zero-order valence-corrected chi connectivity index (χ0v) is 15.1. The highest BCUT2D eigenvalue weighted by molar-refractivity contribution is 6.31. The Labute approximate surface area is 159 Å². The molecule has 2 aromatic carbocycles. The number of hydrogen-bond donors (Lipinski definition) is 2. The van der Waals surface area contributed by atoms with Crippen LogP contribution in [0, 0.1) is 6.92 Å². The minimum Gasteiger partial charge on any atom is -0.366 e. The lowest BCUT2D eigenvalue weighted by Gasteiger charge is -2.13. The first kappa shape index (κ1) is 19.0. The molecule has 0 fully saturated rings. The molecule has 0 bridgehead atoms. The van der Waals surface area contributed by atoms with Crippen molar-refractivity contribution in [2.75, 3.05) is 10.6 Å². The van der Waals surface area contributed by atoms with Crippen LogP contribution in [-0.4, -0.2) is 9.97 Å². The minimum absolute atomic E-state index is 0.235. The predicted octanol–water partition coefficient (Wildman–Crippen LogP) is 5.81. The largest absolute Gasteiger partial charge is 0.417 e. The van der Waals surface area contributed by atoms with Gasteiger partial charge in [0.1, 0.15) is 17.5 Å². The van der Waals surface area contributed by atoms with Gasteiger partial charge in [-0.05, 0) is 30.7 Å². The van der Waals surface area contributed by atoms with Gasteiger partial charge in [0, 0.05) is 18.3 Å². The topological polar surface area (TPSA) is 49.8 Å². The highest BCUT2D eigenvalue weighted by atomic mass is 35.5. The standard InChI is InChI=1S/C19H16ClF3N4/c1-12-25-17(24-11-13-5-3-2-4-6-13)10-18(26-12)27-14-7-8-16(20)15(9-14)19(21,22)23/h2-10H,11H2,1H3,(H2,24,25,26,27). The predicted molar refractivity (Wildman–Crippen MR) is 100 cm³/mol. The summed E-state index contributed by atoms with van der Waals surface area (Å²) >= 11 is 5.65. The second-order valence-electron chi connectivity index (χ2n) is 5.84. The van der Waals surface area contributed by atoms with Gasteiger partial charge in [-0.25, -0.2) is 9.97 Å². The fraction of sp³-hybridized carbons (Fsp3) is 0.158. The maximum Gasteiger partial charge on any atom is 0.417 e. The zero-order valence-electron chi connectivity index (χ0n) is 14.3. The summed E-state index contributed by atoms with van der Waals surface area (Å²) < 4.78 is 39.0. The van der Waals surface area contributed by atoms with E-state index in [1.807, 2.05) is 30.3 Å². The molecule has 1 aromatic heterocycles. The number of alkyl halides is 3. The van der Waals surface area contributed by atoms with E-state index in [0.717, 1.165) is 11.6 Å². The van der Waals surface area contributed by atoms with E-state index in [1.54, 1.807) is 13.0 Å². The first-order chi connectivity index (χ1) is 12.8. The lowest BCUT2D eigenvalue weighted by atomic mass is 10.2. The van der Waals surface area contributed by atoms with Gasteiger partial charge in [0.15, 0.2) is 0 Å². The molecular formula is C19H16ClF3N4. The molecule has 0 spiro atoms. The van der Waals surface area contributed by atoms with Gasteiger partial charge < -0.3 is 10.6 Å². The van der Waals surface area contributed by atoms with Gasteiger partial charge >= 0.3 is 6.18 Å². The molecule has 0 radical (unpaired) electrons. The molecule has 0 amide bonds. The molecule has 27 heavy (non-hydrogen) atoms. The van der Waals surface area contributed by atoms with E-state index < -0.39 is 11.7 Å². The Bertz CT molecular complexity index is 930. The third kappa shape index (κ3) is 5.10. The quantitative estimate of drug-likeness (QED) is 0.575. The van der Waals surface area contributed by atoms with Crippen LogP contribution in [0.2, 0.25) is 5.02 Å². The van der Waals surface area contributed by atoms with Crippen molar-refractivity contribution in [1.82, 2.24) is 9.97 Å². The Kier molecular flexibility index (Phi) is 5.51. The molecule has 3 rings (SSSR count). The number of benzene rings is 2. The van der Waals surface area contributed by atoms with Crippen LogP contribution in [0.25, 0.3) is 0 Å². The summed E-state index contributed by atoms with van der Waals surface area (Å²) in [5, 5.41) is 5.70. The van der Waals surface area contributed by atoms with Crippen molar-refractivity contribution in [3.8, 4) is 0 Å². The molecule has 0 atom stereocenters. The maximum absolute atomic E-state index is 13.0. The number of halogens is 4. The Morgan fingerprint density at radius 1 is 0.963 bits per heavy atom. The summed E-state index contributed by atoms with van der Waals surface area (Å²) in [7, 11) is 0. The molecule has 0 unspecified atom stereocenters. The summed E-state index contributed by atoms with van der Waals surface area (Å²) in [6.45, 7) is 2.28. The van der Waals surface area contributed by atoms with Crippen LogP contribution in [0.1, 0.15) is 17.0 Å². The first-order valence-corrected chi connectivity index (χ1v) is 8.46. The third-order valence-electron chi connectivity index (χ3n) is 3.70. The highest BCUT2D eigenvalue weighted by Crippen LogP contribution is 2.36. The van der Waals surface area contributed by atoms with E-state index in [1.165, 1.54) is 12.1 Å². The van der Waals surface area contributed by atoms with Gasteiger partial charge in [-0.1, -0.05) is 41.9 Å². The smallest absolute Gasteiger partial charge is 0.366 e. The molecule has 0 aliphatic carbocycles. The fourth-order valence-electron chi connectivity index (χ4n) is 2.48. The Morgan fingerprint density at radius 3 is 2.37 bits per heavy atom. The van der Waals surface area contributed by atoms with Crippen LogP contribution in [0.4, 0.5) is 30.5 Å². The lowest BCUT2D eigenvalue weighted by molar-refractivity contribution is -0.137. The van der Waals surface area contributed by atoms with Crippen LogP contribution < -0.4 is 10.6 Å². The molecule has 0 aliphatic heterocycles. The number of nitrogens with zero attached hydrogens (tertiary/aromatic N) is 2. The van der Waals surface area contributed by atoms with Gasteiger partial charge in [-0.3, -0.25) is 0 Å². The number of anilines is 3. The number of aromatic nitrogens is 2. The summed E-state index contributed by atoms with van der Waals surface area (Å²) in [6, 6.07) is 15.0. The van der Waals surface area contributed by atoms with Crippen LogP contribution in [0.5, 0.6) is 0 Å². The molecule has 0 saturated heterocycles. The van der Waals surface area contributed by atoms with Crippen molar-refractivity contribution < 1.29 is 13.2 Å². The zero-order chi connectivity index (χ0) is 19.4. The van der Waals surface area contributed by atoms with Gasteiger partial charge in [-0.15, -0.1) is 0 Å². The van der Waals surface area contributed by atoms with E-state index in [9.17, 15) is 13.2 Å². The van der Waals surface area contributed by atoms with E-state index >= 15 is 0 Å². The van der Waals surface area contributed by atoms with Gasteiger partial charge in [-0.2, -0.15) is 13.2 Å². The molecule has 0 aliphatic rings. The summed E-state index contributed by atoms with van der Waals surface area (Å²) in [6.07, 6.45) is -4.53. The Hall–Kier alpha value is -2.80. The SMILES string of the molecule is Cc1nc(NCc2ccccc2)cc(Nc2ccc(Cl)c(C(F)(F)F)c2)n1. The van der Waals surface area contributed by atoms with E-state index in [2.05, 4.69) is 20.6 Å². The van der Waals surface area contributed by atoms with Crippen molar-refractivity contribution in [3.05, 3.63) is 76.6 Å². The number of aryl methyl sites for hydroxylation is 1. The summed E-state index contributed by atoms with van der Waals surface area (Å²) in [5.41, 5.74) is 0.414. The molecule has 2 N–H and O–H groups in total. The number of hydrogen-bond acceptors (Lipinski definition) is 4. The third-order valence-corrected chi connectivity index (χ3v) is 4.03. The van der Waals surface area contributed by atoms with Crippen molar-refractivity contribution in [3.63, 3.8) is 0 Å². The molecule has 3 aromatic rings. The average Bonchev–Trinajstić information content (AvgIpc) is 2.61. The van der Waals surface area contributed by atoms with E-state index in [4.69, 9.17) is 11.6 Å². The average molecular weight is 393 g/mol. The van der Waals surface area contributed by atoms with Crippen molar-refractivity contribution in [1.29, 1.82) is 0 Å². The molecule has 1 heterocycles. The van der Waals surface area contributed by atoms with Gasteiger partial charge in [0.05, 0.1) is 10.6 Å². The van der Waals surface area contributed by atoms with Crippen LogP contribution in [0.15, 0.2) is 54.6 Å². The number of rotatable bonds is 5. The summed E-state index contributed by atoms with van der Waals surface area (Å²) in [5.74, 6) is 1.44.